The highest BCUT2D eigenvalue weighted by Gasteiger charge is 2.13. The summed E-state index contributed by atoms with van der Waals surface area (Å²) >= 11 is 1.72. The summed E-state index contributed by atoms with van der Waals surface area (Å²) in [5.41, 5.74) is -0.206. The Morgan fingerprint density at radius 2 is 2.08 bits per heavy atom. The highest BCUT2D eigenvalue weighted by molar-refractivity contribution is 14.1. The van der Waals surface area contributed by atoms with E-state index in [1.807, 2.05) is 0 Å². The lowest BCUT2D eigenvalue weighted by atomic mass is 10.2. The molecule has 0 aromatic carbocycles. The van der Waals surface area contributed by atoms with Crippen molar-refractivity contribution in [3.63, 3.8) is 0 Å². The highest BCUT2D eigenvalue weighted by atomic mass is 127. The van der Waals surface area contributed by atoms with Crippen LogP contribution in [0.1, 0.15) is 17.7 Å². The lowest BCUT2D eigenvalue weighted by Gasteiger charge is -2.03. The summed E-state index contributed by atoms with van der Waals surface area (Å²) in [4.78, 5) is 3.53. The zero-order chi connectivity index (χ0) is 9.30. The van der Waals surface area contributed by atoms with Gasteiger partial charge in [-0.25, -0.2) is 18.2 Å². The quantitative estimate of drug-likeness (QED) is 0.571. The summed E-state index contributed by atoms with van der Waals surface area (Å²) in [6.07, 6.45) is -2.71. The molecule has 0 saturated heterocycles. The van der Waals surface area contributed by atoms with E-state index in [1.165, 1.54) is 6.92 Å². The number of nitrogens with zero attached hydrogens (tertiary/aromatic N) is 1. The first-order valence-corrected chi connectivity index (χ1v) is 4.21. The van der Waals surface area contributed by atoms with Gasteiger partial charge < -0.3 is 0 Å². The Bertz CT molecular complexity index is 278. The second kappa shape index (κ2) is 3.59. The van der Waals surface area contributed by atoms with Crippen molar-refractivity contribution in [3.05, 3.63) is 26.8 Å². The van der Waals surface area contributed by atoms with Crippen molar-refractivity contribution < 1.29 is 13.2 Å². The Morgan fingerprint density at radius 3 is 2.50 bits per heavy atom. The zero-order valence-corrected chi connectivity index (χ0v) is 8.27. The van der Waals surface area contributed by atoms with Crippen LogP contribution in [-0.4, -0.2) is 4.98 Å². The van der Waals surface area contributed by atoms with E-state index < -0.39 is 17.9 Å². The van der Waals surface area contributed by atoms with Crippen LogP contribution in [0.25, 0.3) is 0 Å². The molecule has 1 aromatic heterocycles. The SMILES string of the molecule is Cc1c(F)cc(C(F)F)nc1I. The molecule has 0 amide bonds. The first-order valence-electron chi connectivity index (χ1n) is 3.13. The molecular formula is C7H5F3IN. The number of rotatable bonds is 1. The normalized spacial score (nSPS) is 10.8. The predicted octanol–water partition coefficient (Wildman–Crippen LogP) is 3.07. The molecule has 0 spiro atoms. The molecule has 0 saturated carbocycles. The van der Waals surface area contributed by atoms with Gasteiger partial charge in [0, 0.05) is 11.6 Å². The van der Waals surface area contributed by atoms with Gasteiger partial charge in [-0.2, -0.15) is 0 Å². The molecule has 0 aliphatic heterocycles. The molecule has 0 radical (unpaired) electrons. The van der Waals surface area contributed by atoms with E-state index >= 15 is 0 Å². The maximum absolute atomic E-state index is 12.8. The van der Waals surface area contributed by atoms with Crippen molar-refractivity contribution in [3.8, 4) is 0 Å². The Hall–Kier alpha value is -0.330. The zero-order valence-electron chi connectivity index (χ0n) is 6.11. The van der Waals surface area contributed by atoms with Crippen LogP contribution in [-0.2, 0) is 0 Å². The van der Waals surface area contributed by atoms with Crippen molar-refractivity contribution >= 4 is 22.6 Å². The summed E-state index contributed by atoms with van der Waals surface area (Å²) < 4.78 is 37.2. The smallest absolute Gasteiger partial charge is 0.240 e. The molecule has 12 heavy (non-hydrogen) atoms. The van der Waals surface area contributed by atoms with E-state index in [9.17, 15) is 13.2 Å². The van der Waals surface area contributed by atoms with Gasteiger partial charge in [0.05, 0.1) is 0 Å². The number of hydrogen-bond donors (Lipinski definition) is 0. The van der Waals surface area contributed by atoms with Crippen molar-refractivity contribution in [2.45, 2.75) is 13.3 Å². The van der Waals surface area contributed by atoms with Crippen LogP contribution in [0.4, 0.5) is 13.2 Å². The van der Waals surface area contributed by atoms with Crippen LogP contribution in [0.5, 0.6) is 0 Å². The van der Waals surface area contributed by atoms with E-state index in [1.54, 1.807) is 22.6 Å². The molecule has 1 aromatic rings. The number of halogens is 4. The molecule has 0 aliphatic rings. The molecule has 0 unspecified atom stereocenters. The van der Waals surface area contributed by atoms with E-state index in [2.05, 4.69) is 4.98 Å². The van der Waals surface area contributed by atoms with Gasteiger partial charge in [-0.1, -0.05) is 0 Å². The van der Waals surface area contributed by atoms with Gasteiger partial charge >= 0.3 is 0 Å². The average Bonchev–Trinajstić information content (AvgIpc) is 1.99. The van der Waals surface area contributed by atoms with Crippen molar-refractivity contribution in [2.24, 2.45) is 0 Å². The van der Waals surface area contributed by atoms with Gasteiger partial charge in [0.2, 0.25) is 0 Å². The van der Waals surface area contributed by atoms with Gasteiger partial charge in [-0.3, -0.25) is 0 Å². The fourth-order valence-electron chi connectivity index (χ4n) is 0.678. The fraction of sp³-hybridized carbons (Fsp3) is 0.286. The van der Waals surface area contributed by atoms with Gasteiger partial charge in [0.25, 0.3) is 6.43 Å². The van der Waals surface area contributed by atoms with Crippen LogP contribution < -0.4 is 0 Å². The summed E-state index contributed by atoms with van der Waals surface area (Å²) in [7, 11) is 0. The number of hydrogen-bond acceptors (Lipinski definition) is 1. The van der Waals surface area contributed by atoms with Crippen molar-refractivity contribution in [2.75, 3.05) is 0 Å². The number of alkyl halides is 2. The molecule has 1 nitrogen and oxygen atoms in total. The van der Waals surface area contributed by atoms with E-state index in [0.29, 0.717) is 5.56 Å². The number of aromatic nitrogens is 1. The minimum absolute atomic E-state index is 0.280. The molecule has 1 heterocycles. The summed E-state index contributed by atoms with van der Waals surface area (Å²) in [5, 5.41) is 0. The van der Waals surface area contributed by atoms with Crippen LogP contribution in [0.15, 0.2) is 6.07 Å². The molecule has 5 heteroatoms. The van der Waals surface area contributed by atoms with E-state index in [4.69, 9.17) is 0 Å². The number of pyridine rings is 1. The van der Waals surface area contributed by atoms with E-state index in [0.717, 1.165) is 6.07 Å². The van der Waals surface area contributed by atoms with Crippen LogP contribution >= 0.6 is 22.6 Å². The highest BCUT2D eigenvalue weighted by Crippen LogP contribution is 2.21. The molecule has 0 aliphatic carbocycles. The minimum atomic E-state index is -2.71. The maximum atomic E-state index is 12.8. The Balaban J connectivity index is 3.21. The van der Waals surface area contributed by atoms with E-state index in [-0.39, 0.29) is 3.70 Å². The second-order valence-electron chi connectivity index (χ2n) is 2.25. The molecule has 0 N–H and O–H groups in total. The topological polar surface area (TPSA) is 12.9 Å². The summed E-state index contributed by atoms with van der Waals surface area (Å²) in [6, 6.07) is 0.766. The third-order valence-corrected chi connectivity index (χ3v) is 2.44. The predicted molar refractivity (Wildman–Crippen MR) is 46.6 cm³/mol. The molecule has 66 valence electrons. The molecule has 1 rings (SSSR count). The van der Waals surface area contributed by atoms with Crippen molar-refractivity contribution in [1.82, 2.24) is 4.98 Å². The van der Waals surface area contributed by atoms with Gasteiger partial charge in [0.1, 0.15) is 15.2 Å². The molecule has 0 atom stereocenters. The molecule has 0 fully saturated rings. The van der Waals surface area contributed by atoms with Crippen LogP contribution in [0.3, 0.4) is 0 Å². The minimum Gasteiger partial charge on any atom is -0.240 e. The Kier molecular flexibility index (Phi) is 2.92. The Morgan fingerprint density at radius 1 is 1.50 bits per heavy atom. The first-order chi connectivity index (χ1) is 5.52. The summed E-state index contributed by atoms with van der Waals surface area (Å²) in [6.45, 7) is 1.50. The molecular weight excluding hydrogens is 282 g/mol. The largest absolute Gasteiger partial charge is 0.280 e. The fourth-order valence-corrected chi connectivity index (χ4v) is 1.21. The molecule has 0 bridgehead atoms. The lowest BCUT2D eigenvalue weighted by Crippen LogP contribution is -1.98. The first kappa shape index (κ1) is 9.76. The Labute approximate surface area is 81.1 Å². The monoisotopic (exact) mass is 287 g/mol. The van der Waals surface area contributed by atoms with Gasteiger partial charge in [0.15, 0.2) is 0 Å². The van der Waals surface area contributed by atoms with Gasteiger partial charge in [-0.05, 0) is 29.5 Å². The third kappa shape index (κ3) is 1.88. The maximum Gasteiger partial charge on any atom is 0.280 e. The summed E-state index contributed by atoms with van der Waals surface area (Å²) in [5.74, 6) is -0.635. The lowest BCUT2D eigenvalue weighted by molar-refractivity contribution is 0.145. The standard InChI is InChI=1S/C7H5F3IN/c1-3-4(8)2-5(6(9)10)12-7(3)11/h2,6H,1H3. The second-order valence-corrected chi connectivity index (χ2v) is 3.27. The van der Waals surface area contributed by atoms with Gasteiger partial charge in [-0.15, -0.1) is 0 Å². The third-order valence-electron chi connectivity index (χ3n) is 1.39. The van der Waals surface area contributed by atoms with Crippen LogP contribution in [0, 0.1) is 16.4 Å². The van der Waals surface area contributed by atoms with Crippen LogP contribution in [0.2, 0.25) is 0 Å². The average molecular weight is 287 g/mol. The van der Waals surface area contributed by atoms with Crippen molar-refractivity contribution in [1.29, 1.82) is 0 Å².